The third-order valence-corrected chi connectivity index (χ3v) is 11.3. The first-order chi connectivity index (χ1) is 24.1. The molecule has 1 aliphatic heterocycles. The molecular weight excluding hydrogens is 755 g/mol. The van der Waals surface area contributed by atoms with Crippen LogP contribution in [-0.4, -0.2) is 71.6 Å². The van der Waals surface area contributed by atoms with E-state index in [1.165, 1.54) is 30.0 Å². The van der Waals surface area contributed by atoms with Gasteiger partial charge in [0.25, 0.3) is 5.69 Å². The van der Waals surface area contributed by atoms with Crippen molar-refractivity contribution in [2.24, 2.45) is 11.1 Å². The van der Waals surface area contributed by atoms with E-state index < -0.39 is 65.0 Å². The Morgan fingerprint density at radius 1 is 1.17 bits per heavy atom. The zero-order valence-electron chi connectivity index (χ0n) is 28.1. The van der Waals surface area contributed by atoms with Crippen LogP contribution in [0.15, 0.2) is 30.6 Å². The van der Waals surface area contributed by atoms with Crippen molar-refractivity contribution in [3.63, 3.8) is 0 Å². The van der Waals surface area contributed by atoms with Crippen LogP contribution in [0.2, 0.25) is 0 Å². The molecule has 0 spiro atoms. The van der Waals surface area contributed by atoms with Gasteiger partial charge in [0.2, 0.25) is 0 Å². The topological polar surface area (TPSA) is 321 Å². The Kier molecular flexibility index (Phi) is 12.8. The van der Waals surface area contributed by atoms with Gasteiger partial charge in [-0.15, -0.1) is 0 Å². The number of nitro benzene ring substituents is 1. The van der Waals surface area contributed by atoms with Crippen LogP contribution < -0.4 is 16.2 Å². The number of rotatable bonds is 14. The molecule has 0 radical (unpaired) electrons. The molecule has 3 unspecified atom stereocenters. The summed E-state index contributed by atoms with van der Waals surface area (Å²) in [6.07, 6.45) is -1.57. The number of phosphoric acid groups is 3. The quantitative estimate of drug-likeness (QED) is 0.0533. The molecule has 3 aromatic rings. The van der Waals surface area contributed by atoms with Crippen molar-refractivity contribution in [3.05, 3.63) is 57.4 Å². The molecule has 3 heterocycles. The summed E-state index contributed by atoms with van der Waals surface area (Å²) in [4.78, 5) is 52.7. The van der Waals surface area contributed by atoms with E-state index >= 15 is 0 Å². The van der Waals surface area contributed by atoms with Gasteiger partial charge in [-0.3, -0.25) is 14.6 Å². The molecule has 1 saturated heterocycles. The lowest BCUT2D eigenvalue weighted by atomic mass is 9.83. The van der Waals surface area contributed by atoms with Crippen LogP contribution in [0.5, 0.6) is 5.75 Å². The van der Waals surface area contributed by atoms with E-state index in [-0.39, 0.29) is 42.1 Å². The molecule has 4 rings (SSSR count). The lowest BCUT2D eigenvalue weighted by Crippen LogP contribution is -2.26. The van der Waals surface area contributed by atoms with Gasteiger partial charge < -0.3 is 54.9 Å². The van der Waals surface area contributed by atoms with Crippen molar-refractivity contribution >= 4 is 45.9 Å². The van der Waals surface area contributed by atoms with Crippen molar-refractivity contribution < 1.29 is 70.7 Å². The Balaban J connectivity index is 1.61. The molecule has 21 nitrogen and oxygen atoms in total. The first-order valence-electron chi connectivity index (χ1n) is 15.1. The standard InChI is InChI=1S/C28H38N5O16P3/c1-28(2,3)26(18-11-22(44-4)16(6-5-8-29)10-20(18)33(35)36)45-14-17-13-32(27-25(17)19(30)7-9-31-27)24-12-21(34)23(47-24)15-46-51(40,41)49-52(42,43)48-50(37,38)39/h7,9-11,13,21,23-24,26,34H,8,12,14-15,29H2,1-4H3,(H2,30,31)(H,40,41)(H,42,43)(H2,37,38,39)/t21?,23-,24-,26-/m1/s1. The maximum Gasteiger partial charge on any atom is 0.490 e. The monoisotopic (exact) mass is 793 g/mol. The fourth-order valence-corrected chi connectivity index (χ4v) is 8.49. The second-order valence-electron chi connectivity index (χ2n) is 12.4. The number of nitrogens with two attached hydrogens (primary N) is 2. The summed E-state index contributed by atoms with van der Waals surface area (Å²) < 4.78 is 66.1. The lowest BCUT2D eigenvalue weighted by molar-refractivity contribution is -0.386. The molecule has 286 valence electrons. The molecule has 0 saturated carbocycles. The SMILES string of the molecule is COc1cc([C@@H](OCc2cn([C@H]3CC(O)[C@@H](COP(=O)(O)OP(=O)(O)OP(=O)(O)O)O3)c3nccc(N)c23)C(C)(C)C)c([N+](=O)[O-])cc1C#CCN. The molecule has 9 N–H and O–H groups in total. The second-order valence-corrected chi connectivity index (χ2v) is 16.8. The average Bonchev–Trinajstić information content (AvgIpc) is 3.57. The lowest BCUT2D eigenvalue weighted by Gasteiger charge is -2.31. The van der Waals surface area contributed by atoms with E-state index in [0.717, 1.165) is 0 Å². The fraction of sp³-hybridized carbons (Fsp3) is 0.464. The van der Waals surface area contributed by atoms with Crippen LogP contribution in [0.25, 0.3) is 11.0 Å². The van der Waals surface area contributed by atoms with Crippen LogP contribution in [0.3, 0.4) is 0 Å². The molecule has 52 heavy (non-hydrogen) atoms. The maximum absolute atomic E-state index is 12.3. The molecule has 1 fully saturated rings. The van der Waals surface area contributed by atoms with Gasteiger partial charge in [-0.1, -0.05) is 32.6 Å². The van der Waals surface area contributed by atoms with Crippen molar-refractivity contribution in [2.45, 2.75) is 58.3 Å². The van der Waals surface area contributed by atoms with E-state index in [1.54, 1.807) is 12.3 Å². The van der Waals surface area contributed by atoms with Gasteiger partial charge in [-0.2, -0.15) is 8.62 Å². The predicted octanol–water partition coefficient (Wildman–Crippen LogP) is 3.14. The van der Waals surface area contributed by atoms with Crippen LogP contribution in [0.1, 0.15) is 56.2 Å². The maximum atomic E-state index is 12.3. The van der Waals surface area contributed by atoms with Crippen molar-refractivity contribution in [1.82, 2.24) is 9.55 Å². The van der Waals surface area contributed by atoms with Gasteiger partial charge in [-0.25, -0.2) is 18.7 Å². The average molecular weight is 794 g/mol. The minimum atomic E-state index is -5.75. The van der Waals surface area contributed by atoms with E-state index in [2.05, 4.69) is 30.0 Å². The Morgan fingerprint density at radius 3 is 2.46 bits per heavy atom. The number of nitro groups is 1. The van der Waals surface area contributed by atoms with E-state index in [4.69, 9.17) is 35.5 Å². The first kappa shape index (κ1) is 41.5. The zero-order chi connectivity index (χ0) is 38.8. The number of pyridine rings is 1. The van der Waals surface area contributed by atoms with Crippen LogP contribution in [-0.2, 0) is 42.9 Å². The summed E-state index contributed by atoms with van der Waals surface area (Å²) in [5, 5.41) is 23.4. The van der Waals surface area contributed by atoms with E-state index in [9.17, 15) is 38.7 Å². The number of aromatic nitrogens is 2. The van der Waals surface area contributed by atoms with Gasteiger partial charge in [0.15, 0.2) is 0 Å². The molecule has 2 aromatic heterocycles. The molecular formula is C28H38N5O16P3. The molecule has 0 aliphatic carbocycles. The van der Waals surface area contributed by atoms with Crippen LogP contribution in [0, 0.1) is 27.4 Å². The molecule has 24 heteroatoms. The smallest absolute Gasteiger partial charge is 0.490 e. The number of aliphatic hydroxyl groups is 1. The highest BCUT2D eigenvalue weighted by Gasteiger charge is 2.43. The number of nitrogens with zero attached hydrogens (tertiary/aromatic N) is 3. The van der Waals surface area contributed by atoms with Crippen LogP contribution in [0.4, 0.5) is 11.4 Å². The van der Waals surface area contributed by atoms with Gasteiger partial charge in [0.1, 0.15) is 23.7 Å². The van der Waals surface area contributed by atoms with E-state index in [0.29, 0.717) is 22.3 Å². The Morgan fingerprint density at radius 2 is 1.87 bits per heavy atom. The van der Waals surface area contributed by atoms with Crippen molar-refractivity contribution in [1.29, 1.82) is 0 Å². The number of fused-ring (bicyclic) bond motifs is 1. The van der Waals surface area contributed by atoms with Gasteiger partial charge in [0.05, 0.1) is 55.1 Å². The predicted molar refractivity (Wildman–Crippen MR) is 181 cm³/mol. The fourth-order valence-electron chi connectivity index (χ4n) is 5.46. The third-order valence-electron chi connectivity index (χ3n) is 7.50. The largest absolute Gasteiger partial charge is 0.495 e. The van der Waals surface area contributed by atoms with Crippen LogP contribution >= 0.6 is 23.5 Å². The number of nitrogen functional groups attached to an aromatic ring is 1. The Labute approximate surface area is 296 Å². The zero-order valence-corrected chi connectivity index (χ0v) is 30.8. The van der Waals surface area contributed by atoms with Gasteiger partial charge in [-0.05, 0) is 17.5 Å². The summed E-state index contributed by atoms with van der Waals surface area (Å²) in [5.74, 6) is 5.73. The van der Waals surface area contributed by atoms with Gasteiger partial charge >= 0.3 is 23.5 Å². The van der Waals surface area contributed by atoms with Gasteiger partial charge in [0, 0.05) is 41.5 Å². The molecule has 0 amide bonds. The highest BCUT2D eigenvalue weighted by molar-refractivity contribution is 7.66. The number of benzene rings is 1. The molecule has 1 aromatic carbocycles. The Hall–Kier alpha value is -3.28. The number of hydrogen-bond acceptors (Lipinski definition) is 15. The van der Waals surface area contributed by atoms with Crippen molar-refractivity contribution in [3.8, 4) is 17.6 Å². The number of aliphatic hydroxyl groups excluding tert-OH is 1. The first-order valence-corrected chi connectivity index (χ1v) is 19.6. The highest BCUT2D eigenvalue weighted by atomic mass is 31.3. The number of phosphoric ester groups is 1. The number of methoxy groups -OCH3 is 1. The Bertz CT molecular complexity index is 2020. The molecule has 6 atom stereocenters. The third kappa shape index (κ3) is 10.2. The minimum absolute atomic E-state index is 0.0333. The summed E-state index contributed by atoms with van der Waals surface area (Å²) >= 11 is 0. The second kappa shape index (κ2) is 16.0. The highest BCUT2D eigenvalue weighted by Crippen LogP contribution is 2.66. The number of ether oxygens (including phenoxy) is 3. The van der Waals surface area contributed by atoms with E-state index in [1.807, 2.05) is 20.8 Å². The summed E-state index contributed by atoms with van der Waals surface area (Å²) in [6, 6.07) is 4.35. The summed E-state index contributed by atoms with van der Waals surface area (Å²) in [5.41, 5.74) is 12.5. The molecule has 0 bridgehead atoms. The molecule has 1 aliphatic rings. The minimum Gasteiger partial charge on any atom is -0.495 e. The summed E-state index contributed by atoms with van der Waals surface area (Å²) in [7, 11) is -15.4. The van der Waals surface area contributed by atoms with Crippen molar-refractivity contribution in [2.75, 3.05) is 26.0 Å². The number of anilines is 1. The summed E-state index contributed by atoms with van der Waals surface area (Å²) in [6.45, 7) is 4.53. The normalized spacial score (nSPS) is 20.8. The number of hydrogen-bond donors (Lipinski definition) is 7.